The Kier molecular flexibility index (Phi) is 5.44. The van der Waals surface area contributed by atoms with Crippen molar-refractivity contribution in [2.45, 2.75) is 6.18 Å². The van der Waals surface area contributed by atoms with Gasteiger partial charge in [0.05, 0.1) is 10.9 Å². The summed E-state index contributed by atoms with van der Waals surface area (Å²) in [5.74, 6) is -1.47. The molecule has 0 atom stereocenters. The average molecular weight is 402 g/mol. The fourth-order valence-corrected chi connectivity index (χ4v) is 2.46. The number of halogens is 3. The molecular formula is C19H13F3N4O3. The van der Waals surface area contributed by atoms with Gasteiger partial charge in [-0.15, -0.1) is 0 Å². The van der Waals surface area contributed by atoms with Gasteiger partial charge in [0.15, 0.2) is 5.69 Å². The van der Waals surface area contributed by atoms with Crippen LogP contribution >= 0.6 is 0 Å². The first kappa shape index (κ1) is 19.8. The lowest BCUT2D eigenvalue weighted by atomic mass is 10.1. The number of hydrazine groups is 1. The molecule has 0 saturated carbocycles. The summed E-state index contributed by atoms with van der Waals surface area (Å²) in [5, 5.41) is 6.47. The first-order valence-electron chi connectivity index (χ1n) is 8.19. The van der Waals surface area contributed by atoms with Gasteiger partial charge in [-0.2, -0.15) is 18.3 Å². The Morgan fingerprint density at radius 1 is 0.966 bits per heavy atom. The van der Waals surface area contributed by atoms with Gasteiger partial charge in [0.1, 0.15) is 0 Å². The molecule has 0 aliphatic carbocycles. The third-order valence-electron chi connectivity index (χ3n) is 3.88. The normalized spacial score (nSPS) is 11.6. The summed E-state index contributed by atoms with van der Waals surface area (Å²) in [6.07, 6.45) is -2.11. The minimum absolute atomic E-state index is 0.0905. The molecule has 0 aliphatic heterocycles. The quantitative estimate of drug-likeness (QED) is 0.462. The van der Waals surface area contributed by atoms with Crippen molar-refractivity contribution in [2.24, 2.45) is 0 Å². The summed E-state index contributed by atoms with van der Waals surface area (Å²) < 4.78 is 37.6. The molecule has 3 aromatic rings. The number of fused-ring (bicyclic) bond motifs is 1. The summed E-state index contributed by atoms with van der Waals surface area (Å²) >= 11 is 0. The molecule has 1 heterocycles. The first-order valence-corrected chi connectivity index (χ1v) is 8.19. The zero-order valence-electron chi connectivity index (χ0n) is 14.6. The number of aromatic amines is 1. The Morgan fingerprint density at radius 2 is 1.62 bits per heavy atom. The molecule has 0 radical (unpaired) electrons. The number of H-pyrrole nitrogens is 1. The first-order chi connectivity index (χ1) is 13.8. The van der Waals surface area contributed by atoms with E-state index in [2.05, 4.69) is 21.0 Å². The SMILES string of the molecule is O=C(/C=C/c1ccc(C(F)(F)F)cc1)NNC(=O)c1n[nH]c(=O)c2ccccc12. The third kappa shape index (κ3) is 4.67. The molecule has 29 heavy (non-hydrogen) atoms. The highest BCUT2D eigenvalue weighted by Crippen LogP contribution is 2.29. The lowest BCUT2D eigenvalue weighted by molar-refractivity contribution is -0.137. The molecule has 10 heteroatoms. The number of hydrogen-bond acceptors (Lipinski definition) is 4. The Hall–Kier alpha value is -3.95. The molecule has 7 nitrogen and oxygen atoms in total. The fourth-order valence-electron chi connectivity index (χ4n) is 2.46. The van der Waals surface area contributed by atoms with Crippen LogP contribution in [0.2, 0.25) is 0 Å². The highest BCUT2D eigenvalue weighted by Gasteiger charge is 2.29. The minimum atomic E-state index is -4.44. The second-order valence-corrected chi connectivity index (χ2v) is 5.84. The van der Waals surface area contributed by atoms with E-state index in [1.165, 1.54) is 24.3 Å². The van der Waals surface area contributed by atoms with Crippen molar-refractivity contribution in [3.05, 3.63) is 81.8 Å². The maximum absolute atomic E-state index is 12.5. The highest BCUT2D eigenvalue weighted by molar-refractivity contribution is 6.05. The number of amides is 2. The number of hydrogen-bond donors (Lipinski definition) is 3. The molecule has 0 fully saturated rings. The zero-order chi connectivity index (χ0) is 21.0. The van der Waals surface area contributed by atoms with E-state index in [1.807, 2.05) is 0 Å². The summed E-state index contributed by atoms with van der Waals surface area (Å²) in [6, 6.07) is 10.5. The van der Waals surface area contributed by atoms with Crippen molar-refractivity contribution in [1.29, 1.82) is 0 Å². The van der Waals surface area contributed by atoms with Crippen molar-refractivity contribution < 1.29 is 22.8 Å². The van der Waals surface area contributed by atoms with Crippen LogP contribution in [0.25, 0.3) is 16.8 Å². The molecular weight excluding hydrogens is 389 g/mol. The Labute approximate surface area is 161 Å². The van der Waals surface area contributed by atoms with Gasteiger partial charge in [-0.3, -0.25) is 25.2 Å². The van der Waals surface area contributed by atoms with E-state index in [0.29, 0.717) is 10.9 Å². The van der Waals surface area contributed by atoms with Crippen LogP contribution in [0.4, 0.5) is 13.2 Å². The number of aromatic nitrogens is 2. The standard InChI is InChI=1S/C19H13F3N4O3/c20-19(21,22)12-8-5-11(6-9-12)7-10-15(27)23-26-18(29)16-13-3-1-2-4-14(13)17(28)25-24-16/h1-10H,(H,23,27)(H,25,28)(H,26,29)/b10-7+. The van der Waals surface area contributed by atoms with Gasteiger partial charge < -0.3 is 0 Å². The van der Waals surface area contributed by atoms with E-state index in [4.69, 9.17) is 0 Å². The predicted octanol–water partition coefficient (Wildman–Crippen LogP) is 2.42. The van der Waals surface area contributed by atoms with Gasteiger partial charge in [0, 0.05) is 11.5 Å². The molecule has 3 N–H and O–H groups in total. The van der Waals surface area contributed by atoms with Gasteiger partial charge in [-0.05, 0) is 29.8 Å². The number of alkyl halides is 3. The van der Waals surface area contributed by atoms with Crippen LogP contribution < -0.4 is 16.4 Å². The Bertz CT molecular complexity index is 1150. The monoisotopic (exact) mass is 402 g/mol. The maximum atomic E-state index is 12.5. The molecule has 0 aliphatic rings. The van der Waals surface area contributed by atoms with Crippen LogP contribution in [-0.2, 0) is 11.0 Å². The van der Waals surface area contributed by atoms with Crippen molar-refractivity contribution in [3.63, 3.8) is 0 Å². The number of nitrogens with one attached hydrogen (secondary N) is 3. The Morgan fingerprint density at radius 3 is 2.28 bits per heavy atom. The largest absolute Gasteiger partial charge is 0.416 e. The van der Waals surface area contributed by atoms with Crippen molar-refractivity contribution in [2.75, 3.05) is 0 Å². The van der Waals surface area contributed by atoms with Gasteiger partial charge in [0.25, 0.3) is 17.4 Å². The van der Waals surface area contributed by atoms with E-state index < -0.39 is 29.1 Å². The lowest BCUT2D eigenvalue weighted by Crippen LogP contribution is -2.41. The van der Waals surface area contributed by atoms with E-state index >= 15 is 0 Å². The van der Waals surface area contributed by atoms with Crippen LogP contribution in [0, 0.1) is 0 Å². The van der Waals surface area contributed by atoms with E-state index in [-0.39, 0.29) is 11.1 Å². The molecule has 1 aromatic heterocycles. The Balaban J connectivity index is 1.64. The molecule has 0 saturated heterocycles. The topological polar surface area (TPSA) is 104 Å². The number of carbonyl (C=O) groups excluding carboxylic acids is 2. The second kappa shape index (κ2) is 7.97. The van der Waals surface area contributed by atoms with Crippen LogP contribution in [0.5, 0.6) is 0 Å². The number of carbonyl (C=O) groups is 2. The lowest BCUT2D eigenvalue weighted by Gasteiger charge is -2.07. The fraction of sp³-hybridized carbons (Fsp3) is 0.0526. The predicted molar refractivity (Wildman–Crippen MR) is 98.5 cm³/mol. The summed E-state index contributed by atoms with van der Waals surface area (Å²) in [5.41, 5.74) is 3.30. The van der Waals surface area contributed by atoms with Gasteiger partial charge in [-0.1, -0.05) is 30.3 Å². The number of nitrogens with zero attached hydrogens (tertiary/aromatic N) is 1. The summed E-state index contributed by atoms with van der Waals surface area (Å²) in [6.45, 7) is 0. The van der Waals surface area contributed by atoms with Crippen LogP contribution in [0.3, 0.4) is 0 Å². The molecule has 0 bridgehead atoms. The van der Waals surface area contributed by atoms with Crippen LogP contribution in [0.15, 0.2) is 59.4 Å². The summed E-state index contributed by atoms with van der Waals surface area (Å²) in [7, 11) is 0. The van der Waals surface area contributed by atoms with Gasteiger partial charge in [-0.25, -0.2) is 5.10 Å². The van der Waals surface area contributed by atoms with Crippen molar-refractivity contribution >= 4 is 28.7 Å². The smallest absolute Gasteiger partial charge is 0.268 e. The molecule has 148 valence electrons. The molecule has 0 unspecified atom stereocenters. The van der Waals surface area contributed by atoms with Gasteiger partial charge in [0.2, 0.25) is 0 Å². The highest BCUT2D eigenvalue weighted by atomic mass is 19.4. The van der Waals surface area contributed by atoms with E-state index in [1.54, 1.807) is 18.2 Å². The molecule has 2 aromatic carbocycles. The molecule has 3 rings (SSSR count). The van der Waals surface area contributed by atoms with Crippen molar-refractivity contribution in [1.82, 2.24) is 21.0 Å². The molecule has 0 spiro atoms. The number of benzene rings is 2. The maximum Gasteiger partial charge on any atom is 0.416 e. The minimum Gasteiger partial charge on any atom is -0.268 e. The van der Waals surface area contributed by atoms with E-state index in [0.717, 1.165) is 18.2 Å². The average Bonchev–Trinajstić information content (AvgIpc) is 2.70. The third-order valence-corrected chi connectivity index (χ3v) is 3.88. The van der Waals surface area contributed by atoms with Crippen LogP contribution in [-0.4, -0.2) is 22.0 Å². The second-order valence-electron chi connectivity index (χ2n) is 5.84. The molecule has 2 amide bonds. The number of rotatable bonds is 3. The van der Waals surface area contributed by atoms with E-state index in [9.17, 15) is 27.6 Å². The zero-order valence-corrected chi connectivity index (χ0v) is 14.6. The van der Waals surface area contributed by atoms with Gasteiger partial charge >= 0.3 is 6.18 Å². The van der Waals surface area contributed by atoms with Crippen molar-refractivity contribution in [3.8, 4) is 0 Å². The van der Waals surface area contributed by atoms with Crippen LogP contribution in [0.1, 0.15) is 21.6 Å². The summed E-state index contributed by atoms with van der Waals surface area (Å²) in [4.78, 5) is 35.8.